The van der Waals surface area contributed by atoms with Crippen molar-refractivity contribution in [3.63, 3.8) is 0 Å². The van der Waals surface area contributed by atoms with Crippen LogP contribution in [0, 0.1) is 0 Å². The minimum absolute atomic E-state index is 0.152. The molecule has 1 amide bonds. The standard InChI is InChI=1S/C22H24N4O3/c1-3-24-12-14-25(15-13-24)22(28)20-16-8-4-5-9-17(16)21(27)26(23-20)18-10-6-7-11-19(18)29-2/h4-11H,3,12-15H2,1-2H3. The number of para-hydroxylation sites is 2. The highest BCUT2D eigenvalue weighted by Crippen LogP contribution is 2.23. The Morgan fingerprint density at radius 2 is 1.66 bits per heavy atom. The van der Waals surface area contributed by atoms with Gasteiger partial charge in [0.15, 0.2) is 5.69 Å². The number of methoxy groups -OCH3 is 1. The summed E-state index contributed by atoms with van der Waals surface area (Å²) >= 11 is 0. The van der Waals surface area contributed by atoms with Crippen molar-refractivity contribution in [3.8, 4) is 11.4 Å². The first-order valence-electron chi connectivity index (χ1n) is 9.81. The predicted molar refractivity (Wildman–Crippen MR) is 112 cm³/mol. The third-order valence-corrected chi connectivity index (χ3v) is 5.43. The van der Waals surface area contributed by atoms with Crippen LogP contribution >= 0.6 is 0 Å². The lowest BCUT2D eigenvalue weighted by Crippen LogP contribution is -2.49. The molecule has 1 aromatic heterocycles. The second-order valence-electron chi connectivity index (χ2n) is 7.01. The predicted octanol–water partition coefficient (Wildman–Crippen LogP) is 2.17. The van der Waals surface area contributed by atoms with E-state index in [1.165, 1.54) is 4.68 Å². The second-order valence-corrected chi connectivity index (χ2v) is 7.01. The van der Waals surface area contributed by atoms with Crippen molar-refractivity contribution in [1.29, 1.82) is 0 Å². The summed E-state index contributed by atoms with van der Waals surface area (Å²) in [7, 11) is 1.55. The molecule has 150 valence electrons. The Labute approximate surface area is 169 Å². The van der Waals surface area contributed by atoms with Crippen molar-refractivity contribution in [1.82, 2.24) is 19.6 Å². The molecule has 7 heteroatoms. The van der Waals surface area contributed by atoms with Crippen LogP contribution in [0.4, 0.5) is 0 Å². The number of carbonyl (C=O) groups excluding carboxylic acids is 1. The lowest BCUT2D eigenvalue weighted by atomic mass is 10.1. The highest BCUT2D eigenvalue weighted by atomic mass is 16.5. The largest absolute Gasteiger partial charge is 0.494 e. The lowest BCUT2D eigenvalue weighted by molar-refractivity contribution is 0.0638. The van der Waals surface area contributed by atoms with Gasteiger partial charge in [0.2, 0.25) is 0 Å². The van der Waals surface area contributed by atoms with E-state index in [1.807, 2.05) is 23.1 Å². The van der Waals surface area contributed by atoms with E-state index in [0.29, 0.717) is 35.3 Å². The van der Waals surface area contributed by atoms with Gasteiger partial charge < -0.3 is 14.5 Å². The summed E-state index contributed by atoms with van der Waals surface area (Å²) in [6.45, 7) is 6.07. The molecule has 0 bridgehead atoms. The van der Waals surface area contributed by atoms with Gasteiger partial charge in [-0.15, -0.1) is 0 Å². The van der Waals surface area contributed by atoms with Crippen molar-refractivity contribution in [2.45, 2.75) is 6.92 Å². The number of carbonyl (C=O) groups is 1. The van der Waals surface area contributed by atoms with Crippen molar-refractivity contribution < 1.29 is 9.53 Å². The Bertz CT molecular complexity index is 1100. The van der Waals surface area contributed by atoms with Gasteiger partial charge in [0.1, 0.15) is 11.4 Å². The van der Waals surface area contributed by atoms with Crippen LogP contribution in [0.2, 0.25) is 0 Å². The molecule has 2 aromatic carbocycles. The van der Waals surface area contributed by atoms with Crippen LogP contribution in [-0.2, 0) is 0 Å². The molecule has 1 fully saturated rings. The fourth-order valence-electron chi connectivity index (χ4n) is 3.73. The Hall–Kier alpha value is -3.19. The number of piperazine rings is 1. The average Bonchev–Trinajstić information content (AvgIpc) is 2.79. The maximum absolute atomic E-state index is 13.4. The number of amides is 1. The molecule has 7 nitrogen and oxygen atoms in total. The maximum atomic E-state index is 13.4. The maximum Gasteiger partial charge on any atom is 0.279 e. The Balaban J connectivity index is 1.85. The smallest absolute Gasteiger partial charge is 0.279 e. The molecule has 0 aliphatic carbocycles. The van der Waals surface area contributed by atoms with Gasteiger partial charge in [-0.3, -0.25) is 9.59 Å². The van der Waals surface area contributed by atoms with E-state index in [9.17, 15) is 9.59 Å². The van der Waals surface area contributed by atoms with E-state index in [-0.39, 0.29) is 17.2 Å². The van der Waals surface area contributed by atoms with Crippen molar-refractivity contribution >= 4 is 16.7 Å². The summed E-state index contributed by atoms with van der Waals surface area (Å²) in [5, 5.41) is 5.55. The van der Waals surface area contributed by atoms with Gasteiger partial charge in [-0.05, 0) is 24.7 Å². The van der Waals surface area contributed by atoms with Gasteiger partial charge in [0, 0.05) is 31.6 Å². The Kier molecular flexibility index (Phi) is 5.31. The van der Waals surface area contributed by atoms with E-state index in [2.05, 4.69) is 16.9 Å². The Morgan fingerprint density at radius 3 is 2.34 bits per heavy atom. The molecule has 0 spiro atoms. The number of ether oxygens (including phenoxy) is 1. The van der Waals surface area contributed by atoms with E-state index >= 15 is 0 Å². The van der Waals surface area contributed by atoms with Crippen LogP contribution in [0.15, 0.2) is 53.3 Å². The summed E-state index contributed by atoms with van der Waals surface area (Å²) in [6.07, 6.45) is 0. The topological polar surface area (TPSA) is 67.7 Å². The first-order chi connectivity index (χ1) is 14.1. The molecule has 3 aromatic rings. The average molecular weight is 392 g/mol. The molecule has 1 aliphatic rings. The molecule has 0 atom stereocenters. The molecule has 2 heterocycles. The van der Waals surface area contributed by atoms with Gasteiger partial charge >= 0.3 is 0 Å². The van der Waals surface area contributed by atoms with Crippen LogP contribution in [0.25, 0.3) is 16.5 Å². The van der Waals surface area contributed by atoms with Crippen LogP contribution in [-0.4, -0.2) is 65.3 Å². The van der Waals surface area contributed by atoms with Crippen LogP contribution < -0.4 is 10.3 Å². The minimum atomic E-state index is -0.280. The summed E-state index contributed by atoms with van der Waals surface area (Å²) in [6, 6.07) is 14.3. The quantitative estimate of drug-likeness (QED) is 0.681. The molecule has 4 rings (SSSR count). The third-order valence-electron chi connectivity index (χ3n) is 5.43. The van der Waals surface area contributed by atoms with Crippen LogP contribution in [0.5, 0.6) is 5.75 Å². The summed E-state index contributed by atoms with van der Waals surface area (Å²) in [4.78, 5) is 30.6. The first-order valence-corrected chi connectivity index (χ1v) is 9.81. The number of fused-ring (bicyclic) bond motifs is 1. The van der Waals surface area contributed by atoms with Gasteiger partial charge in [0.25, 0.3) is 11.5 Å². The van der Waals surface area contributed by atoms with E-state index in [4.69, 9.17) is 4.74 Å². The molecule has 29 heavy (non-hydrogen) atoms. The number of nitrogens with zero attached hydrogens (tertiary/aromatic N) is 4. The van der Waals surface area contributed by atoms with Gasteiger partial charge in [-0.2, -0.15) is 9.78 Å². The third kappa shape index (κ3) is 3.49. The normalized spacial score (nSPS) is 14.9. The summed E-state index contributed by atoms with van der Waals surface area (Å²) in [5.74, 6) is 0.368. The molecule has 0 saturated carbocycles. The zero-order valence-corrected chi connectivity index (χ0v) is 16.7. The van der Waals surface area contributed by atoms with Crippen LogP contribution in [0.1, 0.15) is 17.4 Å². The highest BCUT2D eigenvalue weighted by molar-refractivity contribution is 6.04. The summed E-state index contributed by atoms with van der Waals surface area (Å²) in [5.41, 5.74) is 0.518. The molecule has 1 saturated heterocycles. The molecule has 0 N–H and O–H groups in total. The van der Waals surface area contributed by atoms with E-state index in [0.717, 1.165) is 19.6 Å². The number of rotatable bonds is 4. The number of hydrogen-bond donors (Lipinski definition) is 0. The zero-order valence-electron chi connectivity index (χ0n) is 16.7. The van der Waals surface area contributed by atoms with E-state index in [1.54, 1.807) is 37.4 Å². The van der Waals surface area contributed by atoms with Gasteiger partial charge in [-0.25, -0.2) is 0 Å². The zero-order chi connectivity index (χ0) is 20.4. The highest BCUT2D eigenvalue weighted by Gasteiger charge is 2.26. The van der Waals surface area contributed by atoms with Gasteiger partial charge in [0.05, 0.1) is 12.5 Å². The lowest BCUT2D eigenvalue weighted by Gasteiger charge is -2.34. The number of benzene rings is 2. The van der Waals surface area contributed by atoms with Crippen molar-refractivity contribution in [2.24, 2.45) is 0 Å². The second kappa shape index (κ2) is 8.05. The van der Waals surface area contributed by atoms with E-state index < -0.39 is 0 Å². The monoisotopic (exact) mass is 392 g/mol. The number of hydrogen-bond acceptors (Lipinski definition) is 5. The SMILES string of the molecule is CCN1CCN(C(=O)c2nn(-c3ccccc3OC)c(=O)c3ccccc23)CC1. The van der Waals surface area contributed by atoms with Crippen molar-refractivity contribution in [2.75, 3.05) is 39.8 Å². The van der Waals surface area contributed by atoms with Crippen LogP contribution in [0.3, 0.4) is 0 Å². The fourth-order valence-corrected chi connectivity index (χ4v) is 3.73. The van der Waals surface area contributed by atoms with Crippen molar-refractivity contribution in [3.05, 3.63) is 64.6 Å². The molecular formula is C22H24N4O3. The Morgan fingerprint density at radius 1 is 1.00 bits per heavy atom. The van der Waals surface area contributed by atoms with Gasteiger partial charge in [-0.1, -0.05) is 37.3 Å². The number of aromatic nitrogens is 2. The molecular weight excluding hydrogens is 368 g/mol. The summed E-state index contributed by atoms with van der Waals surface area (Å²) < 4.78 is 6.68. The first kappa shape index (κ1) is 19.1. The fraction of sp³-hybridized carbons (Fsp3) is 0.318. The molecule has 1 aliphatic heterocycles. The minimum Gasteiger partial charge on any atom is -0.494 e. The number of likely N-dealkylation sites (N-methyl/N-ethyl adjacent to an activating group) is 1. The molecule has 0 radical (unpaired) electrons. The molecule has 0 unspecified atom stereocenters.